The Hall–Kier alpha value is -2.92. The van der Waals surface area contributed by atoms with Gasteiger partial charge in [0.2, 0.25) is 0 Å². The molecule has 0 unspecified atom stereocenters. The van der Waals surface area contributed by atoms with Crippen molar-refractivity contribution in [2.24, 2.45) is 5.92 Å². The minimum atomic E-state index is -0.271. The SMILES string of the molecule is Cc1cc(=O)c2cccc(-c3cccc(C(=O)N[C@H](CO)CC(C)C)c3)c2[nH]1. The summed E-state index contributed by atoms with van der Waals surface area (Å²) in [6, 6.07) is 14.2. The summed E-state index contributed by atoms with van der Waals surface area (Å²) in [4.78, 5) is 28.2. The number of aliphatic hydroxyl groups excluding tert-OH is 1. The van der Waals surface area contributed by atoms with Crippen molar-refractivity contribution in [2.45, 2.75) is 33.2 Å². The van der Waals surface area contributed by atoms with E-state index in [1.807, 2.05) is 37.3 Å². The first-order valence-corrected chi connectivity index (χ1v) is 9.54. The Balaban J connectivity index is 1.97. The second-order valence-electron chi connectivity index (χ2n) is 7.61. The largest absolute Gasteiger partial charge is 0.394 e. The Labute approximate surface area is 164 Å². The maximum absolute atomic E-state index is 12.7. The molecule has 0 saturated heterocycles. The number of para-hydroxylation sites is 1. The molecular formula is C23H26N2O3. The van der Waals surface area contributed by atoms with Crippen LogP contribution in [0.3, 0.4) is 0 Å². The van der Waals surface area contributed by atoms with Gasteiger partial charge in [-0.15, -0.1) is 0 Å². The molecule has 146 valence electrons. The molecule has 3 rings (SSSR count). The Morgan fingerprint density at radius 3 is 2.61 bits per heavy atom. The van der Waals surface area contributed by atoms with Crippen molar-refractivity contribution in [3.8, 4) is 11.1 Å². The van der Waals surface area contributed by atoms with Crippen LogP contribution < -0.4 is 10.7 Å². The molecule has 2 aromatic carbocycles. The summed E-state index contributed by atoms with van der Waals surface area (Å²) in [7, 11) is 0. The van der Waals surface area contributed by atoms with Crippen LogP contribution in [0.1, 0.15) is 36.3 Å². The van der Waals surface area contributed by atoms with E-state index < -0.39 is 0 Å². The van der Waals surface area contributed by atoms with Gasteiger partial charge in [-0.2, -0.15) is 0 Å². The number of aryl methyl sites for hydroxylation is 1. The number of hydrogen-bond acceptors (Lipinski definition) is 3. The molecule has 5 nitrogen and oxygen atoms in total. The van der Waals surface area contributed by atoms with Gasteiger partial charge in [0, 0.05) is 28.3 Å². The lowest BCUT2D eigenvalue weighted by Gasteiger charge is -2.18. The molecule has 1 atom stereocenters. The number of carbonyl (C=O) groups is 1. The molecule has 3 aromatic rings. The van der Waals surface area contributed by atoms with Crippen LogP contribution in [0.4, 0.5) is 0 Å². The van der Waals surface area contributed by atoms with Crippen molar-refractivity contribution in [1.29, 1.82) is 0 Å². The van der Waals surface area contributed by atoms with E-state index in [9.17, 15) is 14.7 Å². The van der Waals surface area contributed by atoms with Crippen LogP contribution in [0.2, 0.25) is 0 Å². The summed E-state index contributed by atoms with van der Waals surface area (Å²) in [5.41, 5.74) is 3.77. The second-order valence-corrected chi connectivity index (χ2v) is 7.61. The van der Waals surface area contributed by atoms with Crippen LogP contribution in [-0.2, 0) is 0 Å². The third kappa shape index (κ3) is 4.31. The molecule has 0 aliphatic carbocycles. The zero-order valence-electron chi connectivity index (χ0n) is 16.5. The number of aromatic amines is 1. The fourth-order valence-corrected chi connectivity index (χ4v) is 3.49. The third-order valence-corrected chi connectivity index (χ3v) is 4.75. The van der Waals surface area contributed by atoms with Crippen molar-refractivity contribution >= 4 is 16.8 Å². The van der Waals surface area contributed by atoms with Crippen molar-refractivity contribution in [2.75, 3.05) is 6.61 Å². The number of H-pyrrole nitrogens is 1. The number of amides is 1. The highest BCUT2D eigenvalue weighted by molar-refractivity contribution is 5.98. The minimum Gasteiger partial charge on any atom is -0.394 e. The van der Waals surface area contributed by atoms with Crippen molar-refractivity contribution < 1.29 is 9.90 Å². The van der Waals surface area contributed by atoms with Crippen molar-refractivity contribution in [3.63, 3.8) is 0 Å². The predicted molar refractivity (Wildman–Crippen MR) is 113 cm³/mol. The summed E-state index contributed by atoms with van der Waals surface area (Å²) in [6.07, 6.45) is 0.714. The van der Waals surface area contributed by atoms with Crippen molar-refractivity contribution in [3.05, 3.63) is 70.0 Å². The van der Waals surface area contributed by atoms with Crippen molar-refractivity contribution in [1.82, 2.24) is 10.3 Å². The molecule has 0 aliphatic heterocycles. The van der Waals surface area contributed by atoms with E-state index in [0.717, 1.165) is 22.3 Å². The first-order chi connectivity index (χ1) is 13.4. The van der Waals surface area contributed by atoms with E-state index in [-0.39, 0.29) is 24.0 Å². The lowest BCUT2D eigenvalue weighted by Crippen LogP contribution is -2.38. The summed E-state index contributed by atoms with van der Waals surface area (Å²) < 4.78 is 0. The molecule has 0 fully saturated rings. The summed E-state index contributed by atoms with van der Waals surface area (Å²) >= 11 is 0. The number of fused-ring (bicyclic) bond motifs is 1. The highest BCUT2D eigenvalue weighted by atomic mass is 16.3. The fraction of sp³-hybridized carbons (Fsp3) is 0.304. The maximum Gasteiger partial charge on any atom is 0.251 e. The van der Waals surface area contributed by atoms with Gasteiger partial charge in [0.15, 0.2) is 5.43 Å². The van der Waals surface area contributed by atoms with Gasteiger partial charge in [-0.1, -0.05) is 38.1 Å². The van der Waals surface area contributed by atoms with Crippen LogP contribution in [0.15, 0.2) is 53.3 Å². The van der Waals surface area contributed by atoms with Crippen LogP contribution in [-0.4, -0.2) is 28.6 Å². The van der Waals surface area contributed by atoms with Gasteiger partial charge in [0.1, 0.15) is 0 Å². The summed E-state index contributed by atoms with van der Waals surface area (Å²) in [5, 5.41) is 13.0. The number of aromatic nitrogens is 1. The number of carbonyl (C=O) groups excluding carboxylic acids is 1. The molecule has 1 aromatic heterocycles. The van der Waals surface area contributed by atoms with E-state index in [4.69, 9.17) is 0 Å². The van der Waals surface area contributed by atoms with E-state index in [1.54, 1.807) is 18.2 Å². The summed E-state index contributed by atoms with van der Waals surface area (Å²) in [5.74, 6) is 0.158. The Bertz CT molecular complexity index is 1050. The number of aliphatic hydroxyl groups is 1. The predicted octanol–water partition coefficient (Wildman–Crippen LogP) is 3.64. The molecule has 0 radical (unpaired) electrons. The normalized spacial score (nSPS) is 12.3. The number of hydrogen-bond donors (Lipinski definition) is 3. The number of nitrogens with one attached hydrogen (secondary N) is 2. The lowest BCUT2D eigenvalue weighted by atomic mass is 9.99. The number of pyridine rings is 1. The van der Waals surface area contributed by atoms with Crippen LogP contribution in [0.5, 0.6) is 0 Å². The summed E-state index contributed by atoms with van der Waals surface area (Å²) in [6.45, 7) is 5.87. The van der Waals surface area contributed by atoms with Gasteiger partial charge >= 0.3 is 0 Å². The van der Waals surface area contributed by atoms with Crippen LogP contribution >= 0.6 is 0 Å². The zero-order chi connectivity index (χ0) is 20.3. The van der Waals surface area contributed by atoms with E-state index in [1.165, 1.54) is 0 Å². The molecule has 28 heavy (non-hydrogen) atoms. The van der Waals surface area contributed by atoms with Crippen LogP contribution in [0, 0.1) is 12.8 Å². The molecule has 0 spiro atoms. The number of rotatable bonds is 6. The molecular weight excluding hydrogens is 352 g/mol. The molecule has 1 amide bonds. The van der Waals surface area contributed by atoms with E-state index in [0.29, 0.717) is 23.3 Å². The first-order valence-electron chi connectivity index (χ1n) is 9.54. The standard InChI is InChI=1S/C23H26N2O3/c1-14(2)10-18(13-26)25-23(28)17-7-4-6-16(12-17)19-8-5-9-20-21(27)11-15(3)24-22(19)20/h4-9,11-12,14,18,26H,10,13H2,1-3H3,(H,24,27)(H,25,28)/t18-/m0/s1. The maximum atomic E-state index is 12.7. The van der Waals surface area contributed by atoms with Gasteiger partial charge < -0.3 is 15.4 Å². The van der Waals surface area contributed by atoms with Gasteiger partial charge in [-0.05, 0) is 43.0 Å². The lowest BCUT2D eigenvalue weighted by molar-refractivity contribution is 0.0908. The van der Waals surface area contributed by atoms with Crippen LogP contribution in [0.25, 0.3) is 22.0 Å². The van der Waals surface area contributed by atoms with E-state index in [2.05, 4.69) is 24.1 Å². The Morgan fingerprint density at radius 1 is 1.14 bits per heavy atom. The smallest absolute Gasteiger partial charge is 0.251 e. The Kier molecular flexibility index (Phi) is 5.95. The molecule has 0 aliphatic rings. The molecule has 0 saturated carbocycles. The number of benzene rings is 2. The third-order valence-electron chi connectivity index (χ3n) is 4.75. The average molecular weight is 378 g/mol. The van der Waals surface area contributed by atoms with Gasteiger partial charge in [0.25, 0.3) is 5.91 Å². The molecule has 5 heteroatoms. The zero-order valence-corrected chi connectivity index (χ0v) is 16.5. The quantitative estimate of drug-likeness (QED) is 0.612. The van der Waals surface area contributed by atoms with E-state index >= 15 is 0 Å². The van der Waals surface area contributed by atoms with Gasteiger partial charge in [-0.25, -0.2) is 0 Å². The molecule has 3 N–H and O–H groups in total. The minimum absolute atomic E-state index is 0.0264. The fourth-order valence-electron chi connectivity index (χ4n) is 3.49. The van der Waals surface area contributed by atoms with Gasteiger partial charge in [-0.3, -0.25) is 9.59 Å². The topological polar surface area (TPSA) is 82.2 Å². The highest BCUT2D eigenvalue weighted by Gasteiger charge is 2.15. The molecule has 1 heterocycles. The Morgan fingerprint density at radius 2 is 1.89 bits per heavy atom. The highest BCUT2D eigenvalue weighted by Crippen LogP contribution is 2.27. The average Bonchev–Trinajstić information content (AvgIpc) is 2.66. The second kappa shape index (κ2) is 8.40. The first kappa shape index (κ1) is 19.8. The monoisotopic (exact) mass is 378 g/mol. The molecule has 0 bridgehead atoms. The van der Waals surface area contributed by atoms with Gasteiger partial charge in [0.05, 0.1) is 18.2 Å².